The molecule has 3 rings (SSSR count). The third-order valence-electron chi connectivity index (χ3n) is 7.45. The fourth-order valence-electron chi connectivity index (χ4n) is 5.57. The minimum Gasteiger partial charge on any atom is -0.493 e. The predicted octanol–water partition coefficient (Wildman–Crippen LogP) is 6.32. The van der Waals surface area contributed by atoms with E-state index in [1.807, 2.05) is 30.3 Å². The van der Waals surface area contributed by atoms with Crippen LogP contribution < -0.4 is 4.74 Å². The Balaban J connectivity index is 2.16. The number of rotatable bonds is 9. The van der Waals surface area contributed by atoms with E-state index in [-0.39, 0.29) is 17.1 Å². The highest BCUT2D eigenvalue weighted by Crippen LogP contribution is 2.53. The predicted molar refractivity (Wildman–Crippen MR) is 127 cm³/mol. The molecule has 0 spiro atoms. The summed E-state index contributed by atoms with van der Waals surface area (Å²) in [7, 11) is 0. The molecule has 1 aromatic carbocycles. The molecule has 1 N–H and O–H groups in total. The van der Waals surface area contributed by atoms with Gasteiger partial charge in [0.15, 0.2) is 0 Å². The average Bonchev–Trinajstić information content (AvgIpc) is 2.85. The molecule has 1 fully saturated rings. The molecule has 0 aromatic heterocycles. The van der Waals surface area contributed by atoms with E-state index in [1.54, 1.807) is 6.08 Å². The lowest BCUT2D eigenvalue weighted by molar-refractivity contribution is -0.138. The summed E-state index contributed by atoms with van der Waals surface area (Å²) in [5.74, 6) is -0.715. The van der Waals surface area contributed by atoms with Crippen LogP contribution in [0.1, 0.15) is 70.8 Å². The van der Waals surface area contributed by atoms with Gasteiger partial charge in [-0.15, -0.1) is 0 Å². The standard InChI is InChI=1S/C28H34N2O3/c1-3-5-8-17-33-26-10-7-6-9-24(26)28(21-13-11-20(4-2)12-14-21)16-15-22(27(31)32)23(18-29)25(28)19-30/h6-7,9-10,15-16,20-22H,3-5,8,11-14,17H2,1-2H3,(H,31,32)/t20-,21-,22?,28?. The van der Waals surface area contributed by atoms with Crippen LogP contribution in [0.4, 0.5) is 0 Å². The molecule has 2 unspecified atom stereocenters. The van der Waals surface area contributed by atoms with Gasteiger partial charge in [0.25, 0.3) is 0 Å². The van der Waals surface area contributed by atoms with Crippen molar-refractivity contribution in [3.8, 4) is 17.9 Å². The second kappa shape index (κ2) is 11.2. The van der Waals surface area contributed by atoms with Gasteiger partial charge < -0.3 is 9.84 Å². The van der Waals surface area contributed by atoms with E-state index in [1.165, 1.54) is 0 Å². The number of allylic oxidation sites excluding steroid dienone is 2. The van der Waals surface area contributed by atoms with Gasteiger partial charge in [-0.05, 0) is 37.2 Å². The maximum atomic E-state index is 11.9. The minimum atomic E-state index is -1.11. The van der Waals surface area contributed by atoms with E-state index in [0.29, 0.717) is 12.5 Å². The molecule has 0 amide bonds. The van der Waals surface area contributed by atoms with Crippen molar-refractivity contribution in [2.75, 3.05) is 6.61 Å². The highest BCUT2D eigenvalue weighted by molar-refractivity contribution is 5.80. The monoisotopic (exact) mass is 446 g/mol. The zero-order chi connectivity index (χ0) is 23.8. The van der Waals surface area contributed by atoms with Crippen molar-refractivity contribution in [3.05, 3.63) is 53.1 Å². The third kappa shape index (κ3) is 4.83. The summed E-state index contributed by atoms with van der Waals surface area (Å²) < 4.78 is 6.22. The second-order valence-electron chi connectivity index (χ2n) is 9.23. The van der Waals surface area contributed by atoms with E-state index < -0.39 is 17.3 Å². The maximum Gasteiger partial charge on any atom is 0.315 e. The van der Waals surface area contributed by atoms with Gasteiger partial charge in [-0.2, -0.15) is 10.5 Å². The van der Waals surface area contributed by atoms with Crippen LogP contribution in [0.25, 0.3) is 0 Å². The van der Waals surface area contributed by atoms with Crippen LogP contribution in [0.2, 0.25) is 0 Å². The summed E-state index contributed by atoms with van der Waals surface area (Å²) in [6.07, 6.45) is 11.8. The first kappa shape index (κ1) is 24.6. The van der Waals surface area contributed by atoms with Crippen LogP contribution in [0.15, 0.2) is 47.6 Å². The Hall–Kier alpha value is -3.05. The quantitative estimate of drug-likeness (QED) is 0.353. The molecular formula is C28H34N2O3. The van der Waals surface area contributed by atoms with Gasteiger partial charge in [0.05, 0.1) is 35.3 Å². The first-order chi connectivity index (χ1) is 16.0. The Morgan fingerprint density at radius 2 is 1.85 bits per heavy atom. The van der Waals surface area contributed by atoms with E-state index in [2.05, 4.69) is 26.0 Å². The van der Waals surface area contributed by atoms with Gasteiger partial charge in [-0.3, -0.25) is 4.79 Å². The van der Waals surface area contributed by atoms with E-state index in [4.69, 9.17) is 4.74 Å². The minimum absolute atomic E-state index is 0.0471. The molecular weight excluding hydrogens is 412 g/mol. The molecule has 5 nitrogen and oxygen atoms in total. The van der Waals surface area contributed by atoms with Gasteiger partial charge in [0, 0.05) is 5.56 Å². The third-order valence-corrected chi connectivity index (χ3v) is 7.45. The van der Waals surface area contributed by atoms with Crippen molar-refractivity contribution in [3.63, 3.8) is 0 Å². The number of ether oxygens (including phenoxy) is 1. The molecule has 174 valence electrons. The second-order valence-corrected chi connectivity index (χ2v) is 9.23. The molecule has 2 aliphatic rings. The number of nitrogens with zero attached hydrogens (tertiary/aromatic N) is 2. The maximum absolute atomic E-state index is 11.9. The number of hydrogen-bond acceptors (Lipinski definition) is 4. The summed E-state index contributed by atoms with van der Waals surface area (Å²) in [6.45, 7) is 4.95. The fraction of sp³-hybridized carbons (Fsp3) is 0.536. The molecule has 2 atom stereocenters. The SMILES string of the molecule is CCCCCOc1ccccc1C1([C@H]2CC[C@H](CC)CC2)C=CC(C(=O)O)C(C#N)=C1C#N. The Kier molecular flexibility index (Phi) is 8.34. The number of benzene rings is 1. The Morgan fingerprint density at radius 1 is 1.12 bits per heavy atom. The molecule has 5 heteroatoms. The molecule has 0 saturated heterocycles. The van der Waals surface area contributed by atoms with Gasteiger partial charge in [0.1, 0.15) is 11.7 Å². The van der Waals surface area contributed by atoms with Crippen molar-refractivity contribution in [2.24, 2.45) is 17.8 Å². The normalized spacial score (nSPS) is 27.0. The fourth-order valence-corrected chi connectivity index (χ4v) is 5.57. The molecule has 1 saturated carbocycles. The smallest absolute Gasteiger partial charge is 0.315 e. The largest absolute Gasteiger partial charge is 0.493 e. The Bertz CT molecular complexity index is 989. The summed E-state index contributed by atoms with van der Waals surface area (Å²) >= 11 is 0. The van der Waals surface area contributed by atoms with Crippen LogP contribution in [0.5, 0.6) is 5.75 Å². The highest BCUT2D eigenvalue weighted by atomic mass is 16.5. The summed E-state index contributed by atoms with van der Waals surface area (Å²) in [5.41, 5.74) is 0.326. The van der Waals surface area contributed by atoms with Crippen molar-refractivity contribution in [1.82, 2.24) is 0 Å². The lowest BCUT2D eigenvalue weighted by atomic mass is 9.57. The summed E-state index contributed by atoms with van der Waals surface area (Å²) in [4.78, 5) is 11.9. The molecule has 0 aliphatic heterocycles. The molecule has 2 aliphatic carbocycles. The number of carboxylic acid groups (broad SMARTS) is 1. The Morgan fingerprint density at radius 3 is 2.45 bits per heavy atom. The number of nitriles is 2. The summed E-state index contributed by atoms with van der Waals surface area (Å²) in [6, 6.07) is 12.2. The van der Waals surface area contributed by atoms with Crippen molar-refractivity contribution in [2.45, 2.75) is 70.6 Å². The van der Waals surface area contributed by atoms with Gasteiger partial charge in [-0.1, -0.05) is 76.3 Å². The van der Waals surface area contributed by atoms with Gasteiger partial charge in [-0.25, -0.2) is 0 Å². The number of para-hydroxylation sites is 1. The molecule has 1 aromatic rings. The van der Waals surface area contributed by atoms with E-state index >= 15 is 0 Å². The van der Waals surface area contributed by atoms with Crippen LogP contribution >= 0.6 is 0 Å². The molecule has 0 radical (unpaired) electrons. The molecule has 0 bridgehead atoms. The van der Waals surface area contributed by atoms with Crippen LogP contribution in [0.3, 0.4) is 0 Å². The molecule has 33 heavy (non-hydrogen) atoms. The van der Waals surface area contributed by atoms with E-state index in [0.717, 1.165) is 62.7 Å². The lowest BCUT2D eigenvalue weighted by Gasteiger charge is -2.45. The summed E-state index contributed by atoms with van der Waals surface area (Å²) in [5, 5.41) is 30.0. The van der Waals surface area contributed by atoms with Gasteiger partial charge in [0.2, 0.25) is 0 Å². The Labute approximate surface area is 197 Å². The number of hydrogen-bond donors (Lipinski definition) is 1. The van der Waals surface area contributed by atoms with E-state index in [9.17, 15) is 20.4 Å². The average molecular weight is 447 g/mol. The number of carboxylic acids is 1. The topological polar surface area (TPSA) is 94.1 Å². The van der Waals surface area contributed by atoms with Crippen LogP contribution in [-0.2, 0) is 10.2 Å². The van der Waals surface area contributed by atoms with Crippen molar-refractivity contribution >= 4 is 5.97 Å². The zero-order valence-corrected chi connectivity index (χ0v) is 19.7. The van der Waals surface area contributed by atoms with Crippen molar-refractivity contribution in [1.29, 1.82) is 10.5 Å². The molecule has 0 heterocycles. The highest BCUT2D eigenvalue weighted by Gasteiger charge is 2.49. The van der Waals surface area contributed by atoms with Crippen LogP contribution in [-0.4, -0.2) is 17.7 Å². The zero-order valence-electron chi connectivity index (χ0n) is 19.7. The lowest BCUT2D eigenvalue weighted by Crippen LogP contribution is -2.41. The first-order valence-corrected chi connectivity index (χ1v) is 12.2. The van der Waals surface area contributed by atoms with Crippen LogP contribution in [0, 0.1) is 40.4 Å². The van der Waals surface area contributed by atoms with Crippen molar-refractivity contribution < 1.29 is 14.6 Å². The number of carbonyl (C=O) groups is 1. The van der Waals surface area contributed by atoms with Gasteiger partial charge >= 0.3 is 5.97 Å². The number of aliphatic carboxylic acids is 1. The first-order valence-electron chi connectivity index (χ1n) is 12.2. The number of unbranched alkanes of at least 4 members (excludes halogenated alkanes) is 2.